The smallest absolute Gasteiger partial charge is 0.385 e. The van der Waals surface area contributed by atoms with Crippen LogP contribution < -0.4 is 5.32 Å². The number of halogens is 4. The minimum absolute atomic E-state index is 0.0589. The normalized spacial score (nSPS) is 24.8. The number of anilines is 1. The minimum Gasteiger partial charge on any atom is -0.385 e. The van der Waals surface area contributed by atoms with Crippen LogP contribution in [-0.4, -0.2) is 17.8 Å². The van der Waals surface area contributed by atoms with Crippen LogP contribution in [0.3, 0.4) is 0 Å². The van der Waals surface area contributed by atoms with Gasteiger partial charge in [0.25, 0.3) is 0 Å². The van der Waals surface area contributed by atoms with E-state index in [1.54, 1.807) is 0 Å². The Morgan fingerprint density at radius 3 is 2.69 bits per heavy atom. The Bertz CT molecular complexity index is 421. The van der Waals surface area contributed by atoms with E-state index in [4.69, 9.17) is 11.6 Å². The van der Waals surface area contributed by atoms with Crippen LogP contribution in [0.4, 0.5) is 18.9 Å². The van der Waals surface area contributed by atoms with Crippen molar-refractivity contribution in [3.8, 4) is 0 Å². The summed E-state index contributed by atoms with van der Waals surface area (Å²) in [5.41, 5.74) is -2.72. The average molecular weight is 252 g/mol. The number of alkyl halides is 3. The van der Waals surface area contributed by atoms with Crippen LogP contribution in [0.25, 0.3) is 0 Å². The lowest BCUT2D eigenvalue weighted by Gasteiger charge is -2.36. The molecule has 1 heterocycles. The lowest BCUT2D eigenvalue weighted by atomic mass is 9.86. The highest BCUT2D eigenvalue weighted by Crippen LogP contribution is 2.46. The first-order chi connectivity index (χ1) is 7.34. The summed E-state index contributed by atoms with van der Waals surface area (Å²) in [6.45, 7) is 0.0589. The third kappa shape index (κ3) is 1.64. The van der Waals surface area contributed by atoms with Gasteiger partial charge in [0.05, 0.1) is 0 Å². The van der Waals surface area contributed by atoms with E-state index in [1.807, 2.05) is 0 Å². The summed E-state index contributed by atoms with van der Waals surface area (Å²) in [5, 5.41) is 12.9. The topological polar surface area (TPSA) is 32.3 Å². The molecule has 1 aliphatic rings. The van der Waals surface area contributed by atoms with Gasteiger partial charge in [-0.15, -0.1) is 0 Å². The Labute approximate surface area is 95.0 Å². The van der Waals surface area contributed by atoms with E-state index in [2.05, 4.69) is 5.32 Å². The van der Waals surface area contributed by atoms with Gasteiger partial charge in [-0.05, 0) is 12.1 Å². The predicted octanol–water partition coefficient (Wildman–Crippen LogP) is 2.91. The van der Waals surface area contributed by atoms with Crippen LogP contribution in [0.2, 0.25) is 5.02 Å². The van der Waals surface area contributed by atoms with Crippen molar-refractivity contribution >= 4 is 17.3 Å². The number of hydrogen-bond donors (Lipinski definition) is 2. The highest BCUT2D eigenvalue weighted by molar-refractivity contribution is 6.30. The fourth-order valence-electron chi connectivity index (χ4n) is 1.83. The van der Waals surface area contributed by atoms with E-state index in [-0.39, 0.29) is 17.8 Å². The molecule has 0 amide bonds. The molecule has 1 aromatic carbocycles. The molecule has 0 aromatic heterocycles. The predicted molar refractivity (Wildman–Crippen MR) is 54.5 cm³/mol. The number of nitrogens with one attached hydrogen (secondary N) is 1. The standard InChI is InChI=1S/C10H9ClF3NO/c11-6-1-2-7-8(5-6)15-4-3-9(7,16)10(12,13)14/h1-2,5,15-16H,3-4H2. The van der Waals surface area contributed by atoms with Crippen molar-refractivity contribution in [3.63, 3.8) is 0 Å². The number of rotatable bonds is 0. The van der Waals surface area contributed by atoms with Crippen molar-refractivity contribution in [1.29, 1.82) is 0 Å². The van der Waals surface area contributed by atoms with Crippen molar-refractivity contribution in [1.82, 2.24) is 0 Å². The summed E-state index contributed by atoms with van der Waals surface area (Å²) in [4.78, 5) is 0. The molecule has 1 atom stereocenters. The number of hydrogen-bond acceptors (Lipinski definition) is 2. The maximum Gasteiger partial charge on any atom is 0.421 e. The minimum atomic E-state index is -4.68. The lowest BCUT2D eigenvalue weighted by Crippen LogP contribution is -2.46. The van der Waals surface area contributed by atoms with Gasteiger partial charge in [-0.2, -0.15) is 13.2 Å². The van der Waals surface area contributed by atoms with Crippen LogP contribution >= 0.6 is 11.6 Å². The molecule has 0 saturated carbocycles. The molecule has 88 valence electrons. The van der Waals surface area contributed by atoms with Gasteiger partial charge in [-0.3, -0.25) is 0 Å². The molecule has 2 rings (SSSR count). The average Bonchev–Trinajstić information content (AvgIpc) is 2.15. The molecular weight excluding hydrogens is 243 g/mol. The first-order valence-electron chi connectivity index (χ1n) is 4.67. The van der Waals surface area contributed by atoms with Crippen LogP contribution in [0, 0.1) is 0 Å². The Morgan fingerprint density at radius 1 is 1.38 bits per heavy atom. The summed E-state index contributed by atoms with van der Waals surface area (Å²) >= 11 is 5.68. The number of aliphatic hydroxyl groups is 1. The second-order valence-electron chi connectivity index (χ2n) is 3.72. The second-order valence-corrected chi connectivity index (χ2v) is 4.16. The Kier molecular flexibility index (Phi) is 2.55. The maximum absolute atomic E-state index is 12.8. The van der Waals surface area contributed by atoms with Gasteiger partial charge in [0.1, 0.15) is 0 Å². The van der Waals surface area contributed by atoms with Gasteiger partial charge >= 0.3 is 6.18 Å². The molecule has 0 spiro atoms. The molecule has 0 fully saturated rings. The molecule has 1 aromatic rings. The fraction of sp³-hybridized carbons (Fsp3) is 0.400. The molecule has 6 heteroatoms. The van der Waals surface area contributed by atoms with Gasteiger partial charge < -0.3 is 10.4 Å². The summed E-state index contributed by atoms with van der Waals surface area (Å²) in [5.74, 6) is 0. The highest BCUT2D eigenvalue weighted by atomic mass is 35.5. The lowest BCUT2D eigenvalue weighted by molar-refractivity contribution is -0.268. The molecule has 2 nitrogen and oxygen atoms in total. The highest BCUT2D eigenvalue weighted by Gasteiger charge is 2.56. The van der Waals surface area contributed by atoms with E-state index < -0.39 is 18.2 Å². The molecule has 0 radical (unpaired) electrons. The van der Waals surface area contributed by atoms with E-state index in [0.29, 0.717) is 5.02 Å². The Morgan fingerprint density at radius 2 is 2.06 bits per heavy atom. The van der Waals surface area contributed by atoms with Gasteiger partial charge in [-0.1, -0.05) is 17.7 Å². The van der Waals surface area contributed by atoms with E-state index >= 15 is 0 Å². The van der Waals surface area contributed by atoms with Crippen molar-refractivity contribution < 1.29 is 18.3 Å². The zero-order valence-electron chi connectivity index (χ0n) is 8.11. The zero-order chi connectivity index (χ0) is 12.0. The van der Waals surface area contributed by atoms with E-state index in [1.165, 1.54) is 18.2 Å². The monoisotopic (exact) mass is 251 g/mol. The maximum atomic E-state index is 12.8. The van der Waals surface area contributed by atoms with E-state index in [9.17, 15) is 18.3 Å². The third-order valence-electron chi connectivity index (χ3n) is 2.70. The molecule has 0 aliphatic carbocycles. The van der Waals surface area contributed by atoms with Gasteiger partial charge in [-0.25, -0.2) is 0 Å². The first kappa shape index (κ1) is 11.5. The first-order valence-corrected chi connectivity index (χ1v) is 5.05. The summed E-state index contributed by atoms with van der Waals surface area (Å²) < 4.78 is 38.4. The summed E-state index contributed by atoms with van der Waals surface area (Å²) in [7, 11) is 0. The van der Waals surface area contributed by atoms with Crippen LogP contribution in [-0.2, 0) is 5.60 Å². The third-order valence-corrected chi connectivity index (χ3v) is 2.93. The quantitative estimate of drug-likeness (QED) is 0.743. The molecule has 16 heavy (non-hydrogen) atoms. The summed E-state index contributed by atoms with van der Waals surface area (Å²) in [6.07, 6.45) is -5.08. The second kappa shape index (κ2) is 3.53. The Balaban J connectivity index is 2.56. The van der Waals surface area contributed by atoms with Gasteiger partial charge in [0, 0.05) is 29.2 Å². The van der Waals surface area contributed by atoms with Crippen LogP contribution in [0.15, 0.2) is 18.2 Å². The van der Waals surface area contributed by atoms with E-state index in [0.717, 1.165) is 0 Å². The Hall–Kier alpha value is -0.940. The largest absolute Gasteiger partial charge is 0.421 e. The van der Waals surface area contributed by atoms with Crippen LogP contribution in [0.5, 0.6) is 0 Å². The molecule has 0 bridgehead atoms. The van der Waals surface area contributed by atoms with Crippen molar-refractivity contribution in [2.45, 2.75) is 18.2 Å². The van der Waals surface area contributed by atoms with Gasteiger partial charge in [0.15, 0.2) is 5.60 Å². The molecule has 0 saturated heterocycles. The van der Waals surface area contributed by atoms with Crippen molar-refractivity contribution in [2.75, 3.05) is 11.9 Å². The summed E-state index contributed by atoms with van der Waals surface area (Å²) in [6, 6.07) is 3.92. The van der Waals surface area contributed by atoms with Crippen LogP contribution in [0.1, 0.15) is 12.0 Å². The van der Waals surface area contributed by atoms with Crippen molar-refractivity contribution in [2.24, 2.45) is 0 Å². The molecular formula is C10H9ClF3NO. The molecule has 2 N–H and O–H groups in total. The zero-order valence-corrected chi connectivity index (χ0v) is 8.86. The fourth-order valence-corrected chi connectivity index (χ4v) is 2.00. The number of benzene rings is 1. The van der Waals surface area contributed by atoms with Gasteiger partial charge in [0.2, 0.25) is 0 Å². The SMILES string of the molecule is OC1(C(F)(F)F)CCNc2cc(Cl)ccc21. The van der Waals surface area contributed by atoms with Crippen molar-refractivity contribution in [3.05, 3.63) is 28.8 Å². The molecule has 1 unspecified atom stereocenters. The molecule has 1 aliphatic heterocycles. The number of fused-ring (bicyclic) bond motifs is 1.